The van der Waals surface area contributed by atoms with Crippen molar-refractivity contribution in [2.45, 2.75) is 32.7 Å². The lowest BCUT2D eigenvalue weighted by Crippen LogP contribution is -2.16. The molecule has 0 saturated carbocycles. The van der Waals surface area contributed by atoms with Gasteiger partial charge in [-0.1, -0.05) is 32.9 Å². The number of aromatic nitrogens is 1. The zero-order valence-corrected chi connectivity index (χ0v) is 15.2. The smallest absolute Gasteiger partial charge is 0.253 e. The predicted octanol–water partition coefficient (Wildman–Crippen LogP) is 4.17. The lowest BCUT2D eigenvalue weighted by Gasteiger charge is -2.19. The van der Waals surface area contributed by atoms with Gasteiger partial charge in [-0.05, 0) is 35.2 Å². The summed E-state index contributed by atoms with van der Waals surface area (Å²) >= 11 is 0. The van der Waals surface area contributed by atoms with Crippen LogP contribution in [0.2, 0.25) is 0 Å². The number of fused-ring (bicyclic) bond motifs is 2. The van der Waals surface area contributed by atoms with Crippen LogP contribution in [-0.4, -0.2) is 11.8 Å². The molecule has 2 aromatic carbocycles. The molecule has 2 N–H and O–H groups in total. The Hall–Kier alpha value is -2.95. The largest absolute Gasteiger partial charge is 0.454 e. The van der Waals surface area contributed by atoms with E-state index in [0.717, 1.165) is 16.6 Å². The highest BCUT2D eigenvalue weighted by Gasteiger charge is 2.16. The Bertz CT molecular complexity index is 1010. The van der Waals surface area contributed by atoms with Crippen LogP contribution < -0.4 is 20.3 Å². The van der Waals surface area contributed by atoms with Gasteiger partial charge in [-0.25, -0.2) is 0 Å². The highest BCUT2D eigenvalue weighted by atomic mass is 16.7. The Balaban J connectivity index is 1.56. The number of pyridine rings is 1. The molecule has 0 bridgehead atoms. The van der Waals surface area contributed by atoms with E-state index in [2.05, 4.69) is 43.2 Å². The first-order chi connectivity index (χ1) is 12.4. The maximum atomic E-state index is 12.4. The number of aromatic amines is 1. The predicted molar refractivity (Wildman–Crippen MR) is 103 cm³/mol. The minimum atomic E-state index is -0.102. The Kier molecular flexibility index (Phi) is 3.87. The van der Waals surface area contributed by atoms with Gasteiger partial charge >= 0.3 is 0 Å². The number of ether oxygens (including phenoxy) is 2. The number of nitrogens with one attached hydrogen (secondary N) is 2. The zero-order chi connectivity index (χ0) is 18.3. The second-order valence-electron chi connectivity index (χ2n) is 7.60. The molecule has 1 aliphatic heterocycles. The fourth-order valence-electron chi connectivity index (χ4n) is 3.06. The summed E-state index contributed by atoms with van der Waals surface area (Å²) in [4.78, 5) is 15.3. The summed E-state index contributed by atoms with van der Waals surface area (Å²) in [5.74, 6) is 1.37. The van der Waals surface area contributed by atoms with Crippen LogP contribution >= 0.6 is 0 Å². The Morgan fingerprint density at radius 2 is 1.73 bits per heavy atom. The van der Waals surface area contributed by atoms with Gasteiger partial charge in [0.1, 0.15) is 0 Å². The van der Waals surface area contributed by atoms with E-state index in [1.807, 2.05) is 30.3 Å². The first-order valence-electron chi connectivity index (χ1n) is 8.70. The van der Waals surface area contributed by atoms with E-state index in [1.54, 1.807) is 0 Å². The Labute approximate surface area is 152 Å². The van der Waals surface area contributed by atoms with E-state index in [0.29, 0.717) is 23.6 Å². The van der Waals surface area contributed by atoms with Crippen molar-refractivity contribution >= 4 is 16.6 Å². The van der Waals surface area contributed by atoms with Gasteiger partial charge < -0.3 is 19.8 Å². The molecule has 1 aromatic heterocycles. The van der Waals surface area contributed by atoms with E-state index >= 15 is 0 Å². The van der Waals surface area contributed by atoms with Crippen molar-refractivity contribution in [3.8, 4) is 11.5 Å². The van der Waals surface area contributed by atoms with Gasteiger partial charge in [0.15, 0.2) is 11.5 Å². The van der Waals surface area contributed by atoms with Crippen molar-refractivity contribution in [3.05, 3.63) is 63.9 Å². The third-order valence-electron chi connectivity index (χ3n) is 4.65. The molecule has 0 unspecified atom stereocenters. The lowest BCUT2D eigenvalue weighted by atomic mass is 9.87. The quantitative estimate of drug-likeness (QED) is 0.744. The van der Waals surface area contributed by atoms with Crippen molar-refractivity contribution in [1.29, 1.82) is 0 Å². The fraction of sp³-hybridized carbons (Fsp3) is 0.286. The Morgan fingerprint density at radius 3 is 2.42 bits per heavy atom. The van der Waals surface area contributed by atoms with Gasteiger partial charge in [0.2, 0.25) is 6.79 Å². The molecule has 1 aliphatic rings. The zero-order valence-electron chi connectivity index (χ0n) is 15.2. The molecule has 0 aliphatic carbocycles. The number of H-pyrrole nitrogens is 1. The molecule has 0 fully saturated rings. The maximum Gasteiger partial charge on any atom is 0.253 e. The number of hydrogen-bond donors (Lipinski definition) is 2. The molecule has 5 nitrogen and oxygen atoms in total. The van der Waals surface area contributed by atoms with Crippen LogP contribution in [0.15, 0.2) is 47.3 Å². The monoisotopic (exact) mass is 350 g/mol. The van der Waals surface area contributed by atoms with Crippen molar-refractivity contribution in [1.82, 2.24) is 4.98 Å². The van der Waals surface area contributed by atoms with Crippen LogP contribution in [0.4, 0.5) is 5.69 Å². The number of hydrogen-bond acceptors (Lipinski definition) is 4. The van der Waals surface area contributed by atoms with Crippen molar-refractivity contribution in [2.75, 3.05) is 12.1 Å². The highest BCUT2D eigenvalue weighted by Crippen LogP contribution is 2.35. The third-order valence-corrected chi connectivity index (χ3v) is 4.65. The Morgan fingerprint density at radius 1 is 1.04 bits per heavy atom. The van der Waals surface area contributed by atoms with E-state index in [9.17, 15) is 4.79 Å². The molecule has 0 atom stereocenters. The maximum absolute atomic E-state index is 12.4. The second kappa shape index (κ2) is 6.09. The fourth-order valence-corrected chi connectivity index (χ4v) is 3.06. The van der Waals surface area contributed by atoms with E-state index in [-0.39, 0.29) is 17.8 Å². The normalized spacial score (nSPS) is 13.2. The number of benzene rings is 2. The molecule has 2 heterocycles. The van der Waals surface area contributed by atoms with Crippen LogP contribution in [0.25, 0.3) is 10.9 Å². The minimum absolute atomic E-state index is 0.102. The van der Waals surface area contributed by atoms with Gasteiger partial charge in [-0.3, -0.25) is 4.79 Å². The van der Waals surface area contributed by atoms with Crippen molar-refractivity contribution in [2.24, 2.45) is 0 Å². The summed E-state index contributed by atoms with van der Waals surface area (Å²) in [6.45, 7) is 7.24. The third kappa shape index (κ3) is 3.12. The summed E-state index contributed by atoms with van der Waals surface area (Å²) in [5, 5.41) is 4.25. The number of anilines is 1. The first kappa shape index (κ1) is 16.5. The molecule has 26 heavy (non-hydrogen) atoms. The highest BCUT2D eigenvalue weighted by molar-refractivity contribution is 5.83. The van der Waals surface area contributed by atoms with Crippen LogP contribution in [0.3, 0.4) is 0 Å². The molecule has 4 rings (SSSR count). The lowest BCUT2D eigenvalue weighted by molar-refractivity contribution is 0.174. The molecule has 3 aromatic rings. The van der Waals surface area contributed by atoms with Gasteiger partial charge in [0.25, 0.3) is 5.56 Å². The summed E-state index contributed by atoms with van der Waals surface area (Å²) in [5.41, 5.74) is 3.72. The molecule has 0 amide bonds. The van der Waals surface area contributed by atoms with Gasteiger partial charge in [0.05, 0.1) is 5.52 Å². The van der Waals surface area contributed by atoms with Crippen LogP contribution in [0.1, 0.15) is 31.9 Å². The molecule has 0 spiro atoms. The number of rotatable bonds is 3. The summed E-state index contributed by atoms with van der Waals surface area (Å²) in [6, 6.07) is 13.9. The standard InChI is InChI=1S/C21H22N2O3/c1-21(2,3)15-4-6-16(7-5-15)22-11-14-8-13-9-18-19(26-12-25-18)10-17(13)23-20(14)24/h4-10,22H,11-12H2,1-3H3,(H,23,24). The molecular formula is C21H22N2O3. The molecular weight excluding hydrogens is 328 g/mol. The van der Waals surface area contributed by atoms with Crippen LogP contribution in [-0.2, 0) is 12.0 Å². The SMILES string of the molecule is CC(C)(C)c1ccc(NCc2cc3cc4c(cc3[nH]c2=O)OCO4)cc1. The molecule has 5 heteroatoms. The van der Waals surface area contributed by atoms with Crippen LogP contribution in [0, 0.1) is 0 Å². The summed E-state index contributed by atoms with van der Waals surface area (Å²) < 4.78 is 10.8. The van der Waals surface area contributed by atoms with Gasteiger partial charge in [-0.15, -0.1) is 0 Å². The van der Waals surface area contributed by atoms with E-state index in [4.69, 9.17) is 9.47 Å². The molecule has 0 saturated heterocycles. The minimum Gasteiger partial charge on any atom is -0.454 e. The van der Waals surface area contributed by atoms with Gasteiger partial charge in [-0.2, -0.15) is 0 Å². The average molecular weight is 350 g/mol. The second-order valence-corrected chi connectivity index (χ2v) is 7.60. The average Bonchev–Trinajstić information content (AvgIpc) is 3.05. The van der Waals surface area contributed by atoms with Gasteiger partial charge in [0, 0.05) is 29.2 Å². The summed E-state index contributed by atoms with van der Waals surface area (Å²) in [7, 11) is 0. The van der Waals surface area contributed by atoms with E-state index < -0.39 is 0 Å². The van der Waals surface area contributed by atoms with Crippen LogP contribution in [0.5, 0.6) is 11.5 Å². The molecule has 134 valence electrons. The molecule has 0 radical (unpaired) electrons. The summed E-state index contributed by atoms with van der Waals surface area (Å²) in [6.07, 6.45) is 0. The van der Waals surface area contributed by atoms with Crippen molar-refractivity contribution in [3.63, 3.8) is 0 Å². The van der Waals surface area contributed by atoms with E-state index in [1.165, 1.54) is 5.56 Å². The van der Waals surface area contributed by atoms with Crippen molar-refractivity contribution < 1.29 is 9.47 Å². The first-order valence-corrected chi connectivity index (χ1v) is 8.70. The topological polar surface area (TPSA) is 63.4 Å².